The molecule has 0 spiro atoms. The summed E-state index contributed by atoms with van der Waals surface area (Å²) in [6, 6.07) is 7.03. The Morgan fingerprint density at radius 1 is 1.21 bits per heavy atom. The van der Waals surface area contributed by atoms with Crippen LogP contribution in [0.5, 0.6) is 0 Å². The van der Waals surface area contributed by atoms with E-state index in [1.54, 1.807) is 11.3 Å². The molecule has 0 bridgehead atoms. The number of nitrogens with one attached hydrogen (secondary N) is 1. The van der Waals surface area contributed by atoms with E-state index in [9.17, 15) is 0 Å². The standard InChI is InChI=1S/C16H22N2S/c1-2-8-18-16(12-15-7-11-19-13-15)4-3-14-5-9-17-10-6-14/h5-7,9-11,13,16,18H,2-4,8,12H2,1H3. The Morgan fingerprint density at radius 3 is 2.74 bits per heavy atom. The van der Waals surface area contributed by atoms with E-state index in [1.165, 1.54) is 24.0 Å². The van der Waals surface area contributed by atoms with Crippen LogP contribution in [0.2, 0.25) is 0 Å². The van der Waals surface area contributed by atoms with Gasteiger partial charge in [0.05, 0.1) is 0 Å². The first-order valence-corrected chi connectivity index (χ1v) is 7.96. The van der Waals surface area contributed by atoms with Crippen molar-refractivity contribution < 1.29 is 0 Å². The van der Waals surface area contributed by atoms with Crippen molar-refractivity contribution in [2.45, 2.75) is 38.6 Å². The predicted octanol–water partition coefficient (Wildman–Crippen LogP) is 3.69. The summed E-state index contributed by atoms with van der Waals surface area (Å²) in [7, 11) is 0. The Balaban J connectivity index is 1.86. The third-order valence-corrected chi connectivity index (χ3v) is 4.01. The summed E-state index contributed by atoms with van der Waals surface area (Å²) >= 11 is 1.78. The highest BCUT2D eigenvalue weighted by molar-refractivity contribution is 7.07. The topological polar surface area (TPSA) is 24.9 Å². The molecule has 0 amide bonds. The SMILES string of the molecule is CCCNC(CCc1ccncc1)Cc1ccsc1. The first-order valence-electron chi connectivity index (χ1n) is 7.02. The predicted molar refractivity (Wildman–Crippen MR) is 82.7 cm³/mol. The number of rotatable bonds is 8. The van der Waals surface area contributed by atoms with E-state index in [2.05, 4.69) is 46.2 Å². The molecule has 0 radical (unpaired) electrons. The molecule has 0 fully saturated rings. The van der Waals surface area contributed by atoms with Crippen molar-refractivity contribution in [2.24, 2.45) is 0 Å². The third kappa shape index (κ3) is 5.13. The van der Waals surface area contributed by atoms with E-state index in [1.807, 2.05) is 12.4 Å². The van der Waals surface area contributed by atoms with Crippen LogP contribution in [-0.4, -0.2) is 17.6 Å². The van der Waals surface area contributed by atoms with Crippen molar-refractivity contribution >= 4 is 11.3 Å². The molecule has 2 aromatic heterocycles. The van der Waals surface area contributed by atoms with Crippen molar-refractivity contribution in [1.82, 2.24) is 10.3 Å². The van der Waals surface area contributed by atoms with Crippen molar-refractivity contribution in [2.75, 3.05) is 6.54 Å². The molecule has 2 heterocycles. The summed E-state index contributed by atoms with van der Waals surface area (Å²) in [5.74, 6) is 0. The lowest BCUT2D eigenvalue weighted by molar-refractivity contribution is 0.478. The summed E-state index contributed by atoms with van der Waals surface area (Å²) in [4.78, 5) is 4.07. The Morgan fingerprint density at radius 2 is 2.05 bits per heavy atom. The molecule has 1 unspecified atom stereocenters. The van der Waals surface area contributed by atoms with Gasteiger partial charge >= 0.3 is 0 Å². The maximum atomic E-state index is 4.07. The zero-order valence-electron chi connectivity index (χ0n) is 11.5. The molecule has 0 aliphatic heterocycles. The van der Waals surface area contributed by atoms with Crippen LogP contribution in [0.25, 0.3) is 0 Å². The Labute approximate surface area is 119 Å². The molecule has 102 valence electrons. The fourth-order valence-corrected chi connectivity index (χ4v) is 2.89. The van der Waals surface area contributed by atoms with E-state index in [0.29, 0.717) is 6.04 Å². The molecule has 2 aromatic rings. The Hall–Kier alpha value is -1.19. The summed E-state index contributed by atoms with van der Waals surface area (Å²) < 4.78 is 0. The highest BCUT2D eigenvalue weighted by Crippen LogP contribution is 2.12. The van der Waals surface area contributed by atoms with Crippen LogP contribution in [0.1, 0.15) is 30.9 Å². The van der Waals surface area contributed by atoms with Gasteiger partial charge < -0.3 is 5.32 Å². The van der Waals surface area contributed by atoms with Gasteiger partial charge in [-0.2, -0.15) is 11.3 Å². The minimum atomic E-state index is 0.572. The van der Waals surface area contributed by atoms with Gasteiger partial charge in [0.15, 0.2) is 0 Å². The second-order valence-electron chi connectivity index (χ2n) is 4.88. The molecule has 1 atom stereocenters. The lowest BCUT2D eigenvalue weighted by Gasteiger charge is -2.18. The van der Waals surface area contributed by atoms with Gasteiger partial charge in [-0.25, -0.2) is 0 Å². The molecule has 2 nitrogen and oxygen atoms in total. The quantitative estimate of drug-likeness (QED) is 0.794. The van der Waals surface area contributed by atoms with Crippen molar-refractivity contribution in [3.63, 3.8) is 0 Å². The number of aromatic nitrogens is 1. The second kappa shape index (κ2) is 8.08. The van der Waals surface area contributed by atoms with E-state index >= 15 is 0 Å². The summed E-state index contributed by atoms with van der Waals surface area (Å²) in [5.41, 5.74) is 2.83. The number of hydrogen-bond acceptors (Lipinski definition) is 3. The molecule has 19 heavy (non-hydrogen) atoms. The fourth-order valence-electron chi connectivity index (χ4n) is 2.21. The maximum absolute atomic E-state index is 4.07. The lowest BCUT2D eigenvalue weighted by atomic mass is 10.0. The van der Waals surface area contributed by atoms with Crippen LogP contribution in [0, 0.1) is 0 Å². The van der Waals surface area contributed by atoms with Gasteiger partial charge in [0.1, 0.15) is 0 Å². The lowest BCUT2D eigenvalue weighted by Crippen LogP contribution is -2.32. The third-order valence-electron chi connectivity index (χ3n) is 3.28. The minimum Gasteiger partial charge on any atom is -0.314 e. The zero-order valence-corrected chi connectivity index (χ0v) is 12.3. The molecular formula is C16H22N2S. The molecule has 0 aliphatic rings. The maximum Gasteiger partial charge on any atom is 0.0270 e. The summed E-state index contributed by atoms with van der Waals surface area (Å²) in [5, 5.41) is 8.09. The van der Waals surface area contributed by atoms with Crippen molar-refractivity contribution in [3.8, 4) is 0 Å². The van der Waals surface area contributed by atoms with E-state index < -0.39 is 0 Å². The molecule has 3 heteroatoms. The molecular weight excluding hydrogens is 252 g/mol. The fraction of sp³-hybridized carbons (Fsp3) is 0.438. The van der Waals surface area contributed by atoms with E-state index in [0.717, 1.165) is 19.4 Å². The van der Waals surface area contributed by atoms with Gasteiger partial charge in [0.25, 0.3) is 0 Å². The average Bonchev–Trinajstić information content (AvgIpc) is 2.96. The van der Waals surface area contributed by atoms with Crippen molar-refractivity contribution in [1.29, 1.82) is 0 Å². The highest BCUT2D eigenvalue weighted by atomic mass is 32.1. The molecule has 0 saturated heterocycles. The number of hydrogen-bond donors (Lipinski definition) is 1. The van der Waals surface area contributed by atoms with E-state index in [-0.39, 0.29) is 0 Å². The van der Waals surface area contributed by atoms with Crippen LogP contribution < -0.4 is 5.32 Å². The first-order chi connectivity index (χ1) is 9.38. The van der Waals surface area contributed by atoms with Gasteiger partial charge in [0, 0.05) is 18.4 Å². The van der Waals surface area contributed by atoms with Gasteiger partial charge in [-0.3, -0.25) is 4.98 Å². The molecule has 0 aromatic carbocycles. The minimum absolute atomic E-state index is 0.572. The van der Waals surface area contributed by atoms with Crippen molar-refractivity contribution in [3.05, 3.63) is 52.5 Å². The van der Waals surface area contributed by atoms with Gasteiger partial charge in [-0.05, 0) is 72.3 Å². The average molecular weight is 274 g/mol. The summed E-state index contributed by atoms with van der Waals surface area (Å²) in [6.45, 7) is 3.32. The highest BCUT2D eigenvalue weighted by Gasteiger charge is 2.09. The molecule has 2 rings (SSSR count). The Bertz CT molecular complexity index is 439. The summed E-state index contributed by atoms with van der Waals surface area (Å²) in [6.07, 6.45) is 8.38. The number of thiophene rings is 1. The van der Waals surface area contributed by atoms with Crippen LogP contribution in [-0.2, 0) is 12.8 Å². The van der Waals surface area contributed by atoms with Gasteiger partial charge in [-0.15, -0.1) is 0 Å². The van der Waals surface area contributed by atoms with E-state index in [4.69, 9.17) is 0 Å². The molecule has 0 aliphatic carbocycles. The normalized spacial score (nSPS) is 12.5. The monoisotopic (exact) mass is 274 g/mol. The van der Waals surface area contributed by atoms with Crippen LogP contribution in [0.15, 0.2) is 41.4 Å². The number of aryl methyl sites for hydroxylation is 1. The number of nitrogens with zero attached hydrogens (tertiary/aromatic N) is 1. The zero-order chi connectivity index (χ0) is 13.3. The van der Waals surface area contributed by atoms with Crippen LogP contribution in [0.4, 0.5) is 0 Å². The molecule has 0 saturated carbocycles. The Kier molecular flexibility index (Phi) is 6.05. The molecule has 1 N–H and O–H groups in total. The van der Waals surface area contributed by atoms with Gasteiger partial charge in [0.2, 0.25) is 0 Å². The smallest absolute Gasteiger partial charge is 0.0270 e. The number of pyridine rings is 1. The van der Waals surface area contributed by atoms with Gasteiger partial charge in [-0.1, -0.05) is 6.92 Å². The first kappa shape index (κ1) is 14.2. The van der Waals surface area contributed by atoms with Crippen LogP contribution in [0.3, 0.4) is 0 Å². The second-order valence-corrected chi connectivity index (χ2v) is 5.66. The van der Waals surface area contributed by atoms with Crippen LogP contribution >= 0.6 is 11.3 Å². The largest absolute Gasteiger partial charge is 0.314 e.